The standard InChI is InChI=1S/C16H25NO/c1-13(2)10-11-18-15-8-6-14(7-9-15)12-17-16(3,4)5/h6-9,17H,1,10-12H2,2-5H3. The van der Waals surface area contributed by atoms with Crippen LogP contribution in [-0.2, 0) is 6.54 Å². The third-order valence-corrected chi connectivity index (χ3v) is 2.54. The lowest BCUT2D eigenvalue weighted by Crippen LogP contribution is -2.35. The highest BCUT2D eigenvalue weighted by molar-refractivity contribution is 5.27. The van der Waals surface area contributed by atoms with E-state index in [2.05, 4.69) is 44.8 Å². The molecule has 0 aliphatic heterocycles. The largest absolute Gasteiger partial charge is 0.493 e. The van der Waals surface area contributed by atoms with Crippen LogP contribution < -0.4 is 10.1 Å². The normalized spacial score (nSPS) is 11.3. The van der Waals surface area contributed by atoms with Crippen molar-refractivity contribution in [2.45, 2.75) is 46.2 Å². The maximum Gasteiger partial charge on any atom is 0.119 e. The van der Waals surface area contributed by atoms with Crippen LogP contribution in [0.3, 0.4) is 0 Å². The molecule has 0 spiro atoms. The average Bonchev–Trinajstić information content (AvgIpc) is 2.26. The van der Waals surface area contributed by atoms with Gasteiger partial charge in [-0.3, -0.25) is 0 Å². The maximum absolute atomic E-state index is 5.64. The van der Waals surface area contributed by atoms with Crippen molar-refractivity contribution in [3.63, 3.8) is 0 Å². The van der Waals surface area contributed by atoms with Crippen LogP contribution in [0, 0.1) is 0 Å². The molecule has 0 fully saturated rings. The Morgan fingerprint density at radius 1 is 1.22 bits per heavy atom. The molecule has 1 N–H and O–H groups in total. The minimum Gasteiger partial charge on any atom is -0.493 e. The number of hydrogen-bond acceptors (Lipinski definition) is 2. The highest BCUT2D eigenvalue weighted by Gasteiger charge is 2.08. The summed E-state index contributed by atoms with van der Waals surface area (Å²) in [4.78, 5) is 0. The number of benzene rings is 1. The Labute approximate surface area is 111 Å². The summed E-state index contributed by atoms with van der Waals surface area (Å²) < 4.78 is 5.64. The molecular weight excluding hydrogens is 222 g/mol. The maximum atomic E-state index is 5.64. The first-order chi connectivity index (χ1) is 8.37. The van der Waals surface area contributed by atoms with E-state index in [9.17, 15) is 0 Å². The van der Waals surface area contributed by atoms with Crippen LogP contribution in [0.5, 0.6) is 5.75 Å². The van der Waals surface area contributed by atoms with Gasteiger partial charge in [-0.25, -0.2) is 0 Å². The summed E-state index contributed by atoms with van der Waals surface area (Å²) in [5.74, 6) is 0.927. The predicted octanol–water partition coefficient (Wildman–Crippen LogP) is 3.92. The molecule has 100 valence electrons. The van der Waals surface area contributed by atoms with Crippen LogP contribution in [0.15, 0.2) is 36.4 Å². The second-order valence-electron chi connectivity index (χ2n) is 5.80. The molecule has 1 aromatic rings. The molecular formula is C16H25NO. The molecule has 0 saturated heterocycles. The molecule has 0 bridgehead atoms. The third kappa shape index (κ3) is 6.45. The van der Waals surface area contributed by atoms with Crippen molar-refractivity contribution in [3.05, 3.63) is 42.0 Å². The Balaban J connectivity index is 2.40. The molecule has 0 aliphatic rings. The molecule has 0 saturated carbocycles. The molecule has 1 rings (SSSR count). The van der Waals surface area contributed by atoms with Gasteiger partial charge in [0.05, 0.1) is 6.61 Å². The Bertz CT molecular complexity index is 373. The summed E-state index contributed by atoms with van der Waals surface area (Å²) in [7, 11) is 0. The molecule has 0 radical (unpaired) electrons. The van der Waals surface area contributed by atoms with Crippen LogP contribution in [0.4, 0.5) is 0 Å². The van der Waals surface area contributed by atoms with Gasteiger partial charge in [0.1, 0.15) is 5.75 Å². The van der Waals surface area contributed by atoms with E-state index >= 15 is 0 Å². The Morgan fingerprint density at radius 3 is 2.33 bits per heavy atom. The monoisotopic (exact) mass is 247 g/mol. The van der Waals surface area contributed by atoms with Crippen molar-refractivity contribution >= 4 is 0 Å². The minimum absolute atomic E-state index is 0.149. The van der Waals surface area contributed by atoms with Crippen molar-refractivity contribution in [3.8, 4) is 5.75 Å². The molecule has 0 atom stereocenters. The molecule has 0 aliphatic carbocycles. The van der Waals surface area contributed by atoms with E-state index in [4.69, 9.17) is 4.74 Å². The fraction of sp³-hybridized carbons (Fsp3) is 0.500. The second kappa shape index (κ2) is 6.60. The molecule has 0 aromatic heterocycles. The summed E-state index contributed by atoms with van der Waals surface area (Å²) in [6.45, 7) is 14.0. The molecule has 18 heavy (non-hydrogen) atoms. The highest BCUT2D eigenvalue weighted by Crippen LogP contribution is 2.13. The smallest absolute Gasteiger partial charge is 0.119 e. The molecule has 0 amide bonds. The number of nitrogens with one attached hydrogen (secondary N) is 1. The van der Waals surface area contributed by atoms with Crippen LogP contribution in [-0.4, -0.2) is 12.1 Å². The zero-order valence-electron chi connectivity index (χ0n) is 12.0. The van der Waals surface area contributed by atoms with Crippen molar-refractivity contribution in [1.82, 2.24) is 5.32 Å². The second-order valence-corrected chi connectivity index (χ2v) is 5.80. The highest BCUT2D eigenvalue weighted by atomic mass is 16.5. The summed E-state index contributed by atoms with van der Waals surface area (Å²) in [5, 5.41) is 3.46. The minimum atomic E-state index is 0.149. The zero-order chi connectivity index (χ0) is 13.6. The first kappa shape index (κ1) is 14.8. The molecule has 2 nitrogen and oxygen atoms in total. The summed E-state index contributed by atoms with van der Waals surface area (Å²) in [5.41, 5.74) is 2.58. The fourth-order valence-corrected chi connectivity index (χ4v) is 1.41. The Morgan fingerprint density at radius 2 is 1.83 bits per heavy atom. The van der Waals surface area contributed by atoms with Crippen LogP contribution in [0.25, 0.3) is 0 Å². The van der Waals surface area contributed by atoms with E-state index in [1.807, 2.05) is 19.1 Å². The van der Waals surface area contributed by atoms with Gasteiger partial charge < -0.3 is 10.1 Å². The molecule has 0 heterocycles. The van der Waals surface area contributed by atoms with Crippen LogP contribution in [0.1, 0.15) is 39.7 Å². The van der Waals surface area contributed by atoms with E-state index in [0.717, 1.165) is 24.3 Å². The lowest BCUT2D eigenvalue weighted by Gasteiger charge is -2.20. The SMILES string of the molecule is C=C(C)CCOc1ccc(CNC(C)(C)C)cc1. The Kier molecular flexibility index (Phi) is 5.42. The van der Waals surface area contributed by atoms with E-state index in [1.54, 1.807) is 0 Å². The lowest BCUT2D eigenvalue weighted by molar-refractivity contribution is 0.321. The van der Waals surface area contributed by atoms with E-state index < -0.39 is 0 Å². The van der Waals surface area contributed by atoms with Crippen LogP contribution >= 0.6 is 0 Å². The quantitative estimate of drug-likeness (QED) is 0.769. The van der Waals surface area contributed by atoms with E-state index in [1.165, 1.54) is 5.56 Å². The number of rotatable bonds is 6. The van der Waals surface area contributed by atoms with E-state index in [0.29, 0.717) is 6.61 Å². The van der Waals surface area contributed by atoms with Gasteiger partial charge in [0.15, 0.2) is 0 Å². The van der Waals surface area contributed by atoms with Gasteiger partial charge in [-0.1, -0.05) is 17.7 Å². The van der Waals surface area contributed by atoms with Gasteiger partial charge in [-0.05, 0) is 45.4 Å². The summed E-state index contributed by atoms with van der Waals surface area (Å²) in [6, 6.07) is 8.26. The zero-order valence-corrected chi connectivity index (χ0v) is 12.0. The first-order valence-electron chi connectivity index (χ1n) is 6.48. The molecule has 1 aromatic carbocycles. The third-order valence-electron chi connectivity index (χ3n) is 2.54. The molecule has 2 heteroatoms. The van der Waals surface area contributed by atoms with Gasteiger partial charge >= 0.3 is 0 Å². The van der Waals surface area contributed by atoms with Gasteiger partial charge in [0.25, 0.3) is 0 Å². The predicted molar refractivity (Wildman–Crippen MR) is 78.0 cm³/mol. The Hall–Kier alpha value is -1.28. The van der Waals surface area contributed by atoms with Gasteiger partial charge in [-0.2, -0.15) is 0 Å². The van der Waals surface area contributed by atoms with Crippen molar-refractivity contribution in [2.24, 2.45) is 0 Å². The van der Waals surface area contributed by atoms with Crippen LogP contribution in [0.2, 0.25) is 0 Å². The number of ether oxygens (including phenoxy) is 1. The molecule has 0 unspecified atom stereocenters. The van der Waals surface area contributed by atoms with Gasteiger partial charge in [-0.15, -0.1) is 6.58 Å². The van der Waals surface area contributed by atoms with Gasteiger partial charge in [0.2, 0.25) is 0 Å². The summed E-state index contributed by atoms with van der Waals surface area (Å²) >= 11 is 0. The van der Waals surface area contributed by atoms with E-state index in [-0.39, 0.29) is 5.54 Å². The lowest BCUT2D eigenvalue weighted by atomic mass is 10.1. The van der Waals surface area contributed by atoms with Crippen molar-refractivity contribution < 1.29 is 4.74 Å². The average molecular weight is 247 g/mol. The number of hydrogen-bond donors (Lipinski definition) is 1. The fourth-order valence-electron chi connectivity index (χ4n) is 1.41. The topological polar surface area (TPSA) is 21.3 Å². The van der Waals surface area contributed by atoms with Crippen molar-refractivity contribution in [2.75, 3.05) is 6.61 Å². The van der Waals surface area contributed by atoms with Gasteiger partial charge in [0, 0.05) is 18.5 Å². The summed E-state index contributed by atoms with van der Waals surface area (Å²) in [6.07, 6.45) is 0.910. The first-order valence-corrected chi connectivity index (χ1v) is 6.48. The van der Waals surface area contributed by atoms with Crippen molar-refractivity contribution in [1.29, 1.82) is 0 Å².